The fraction of sp³-hybridized carbons (Fsp3) is 0.600. The molecule has 0 aliphatic carbocycles. The van der Waals surface area contributed by atoms with E-state index in [9.17, 15) is 0 Å². The van der Waals surface area contributed by atoms with Gasteiger partial charge in [-0.2, -0.15) is 0 Å². The van der Waals surface area contributed by atoms with Crippen LogP contribution < -0.4 is 0 Å². The van der Waals surface area contributed by atoms with E-state index < -0.39 is 0 Å². The van der Waals surface area contributed by atoms with Crippen molar-refractivity contribution in [2.24, 2.45) is 5.92 Å². The quantitative estimate of drug-likeness (QED) is 0.655. The maximum Gasteiger partial charge on any atom is 0.0234 e. The van der Waals surface area contributed by atoms with E-state index in [2.05, 4.69) is 74.8 Å². The molecule has 90 valence electrons. The van der Waals surface area contributed by atoms with Crippen molar-refractivity contribution in [2.75, 3.05) is 0 Å². The smallest absolute Gasteiger partial charge is 0.0234 e. The van der Waals surface area contributed by atoms with E-state index >= 15 is 0 Å². The van der Waals surface area contributed by atoms with Crippen LogP contribution in [0.3, 0.4) is 0 Å². The van der Waals surface area contributed by atoms with Crippen LogP contribution in [0.15, 0.2) is 24.3 Å². The van der Waals surface area contributed by atoms with Crippen LogP contribution in [0, 0.1) is 5.92 Å². The Morgan fingerprint density at radius 2 is 1.25 bits per heavy atom. The Morgan fingerprint density at radius 3 is 1.62 bits per heavy atom. The summed E-state index contributed by atoms with van der Waals surface area (Å²) in [6, 6.07) is 9.07. The van der Waals surface area contributed by atoms with Crippen LogP contribution in [0.5, 0.6) is 0 Å². The summed E-state index contributed by atoms with van der Waals surface area (Å²) < 4.78 is 0. The minimum atomic E-state index is 0.553. The number of halogens is 1. The molecule has 0 aliphatic heterocycles. The highest BCUT2D eigenvalue weighted by Crippen LogP contribution is 2.30. The highest BCUT2D eigenvalue weighted by Gasteiger charge is 2.19. The lowest BCUT2D eigenvalue weighted by molar-refractivity contribution is 0.550. The second-order valence-corrected chi connectivity index (χ2v) is 6.36. The zero-order valence-electron chi connectivity index (χ0n) is 11.0. The first-order valence-corrected chi connectivity index (χ1v) is 7.09. The molecule has 0 nitrogen and oxygen atoms in total. The van der Waals surface area contributed by atoms with Gasteiger partial charge in [0.05, 0.1) is 0 Å². The second-order valence-electron chi connectivity index (χ2n) is 5.30. The van der Waals surface area contributed by atoms with Crippen LogP contribution in [-0.4, -0.2) is 4.83 Å². The molecule has 0 saturated carbocycles. The molecule has 1 aromatic carbocycles. The average molecular weight is 283 g/mol. The fourth-order valence-electron chi connectivity index (χ4n) is 1.95. The van der Waals surface area contributed by atoms with Crippen LogP contribution in [0.25, 0.3) is 0 Å². The number of rotatable bonds is 4. The number of benzene rings is 1. The first-order chi connectivity index (χ1) is 7.43. The highest BCUT2D eigenvalue weighted by atomic mass is 79.9. The van der Waals surface area contributed by atoms with Gasteiger partial charge in [0.2, 0.25) is 0 Å². The summed E-state index contributed by atoms with van der Waals surface area (Å²) in [6.07, 6.45) is 0. The van der Waals surface area contributed by atoms with Gasteiger partial charge in [0.25, 0.3) is 0 Å². The molecule has 2 atom stereocenters. The highest BCUT2D eigenvalue weighted by molar-refractivity contribution is 9.09. The molecule has 1 aromatic rings. The first-order valence-electron chi connectivity index (χ1n) is 6.17. The van der Waals surface area contributed by atoms with Crippen molar-refractivity contribution in [1.29, 1.82) is 0 Å². The SMILES string of the molecule is CC(C)c1ccc(C(C)C(Br)C(C)C)cc1. The predicted octanol–water partition coefficient (Wildman–Crippen LogP) is 5.33. The molecule has 1 rings (SSSR count). The van der Waals surface area contributed by atoms with Gasteiger partial charge in [-0.1, -0.05) is 74.8 Å². The van der Waals surface area contributed by atoms with Crippen molar-refractivity contribution >= 4 is 15.9 Å². The van der Waals surface area contributed by atoms with Crippen LogP contribution in [-0.2, 0) is 0 Å². The minimum absolute atomic E-state index is 0.553. The Hall–Kier alpha value is -0.300. The lowest BCUT2D eigenvalue weighted by atomic mass is 9.90. The third-order valence-corrected chi connectivity index (χ3v) is 5.09. The van der Waals surface area contributed by atoms with Gasteiger partial charge in [0.15, 0.2) is 0 Å². The molecule has 0 fully saturated rings. The van der Waals surface area contributed by atoms with Crippen LogP contribution in [0.2, 0.25) is 0 Å². The van der Waals surface area contributed by atoms with E-state index in [0.29, 0.717) is 22.6 Å². The summed E-state index contributed by atoms with van der Waals surface area (Å²) >= 11 is 3.79. The van der Waals surface area contributed by atoms with Gasteiger partial charge >= 0.3 is 0 Å². The lowest BCUT2D eigenvalue weighted by Gasteiger charge is -2.22. The Labute approximate surface area is 109 Å². The Morgan fingerprint density at radius 1 is 0.812 bits per heavy atom. The summed E-state index contributed by atoms with van der Waals surface area (Å²) in [4.78, 5) is 0.553. The van der Waals surface area contributed by atoms with E-state index in [0.717, 1.165) is 0 Å². The molecule has 0 amide bonds. The van der Waals surface area contributed by atoms with Gasteiger partial charge in [-0.25, -0.2) is 0 Å². The van der Waals surface area contributed by atoms with Gasteiger partial charge < -0.3 is 0 Å². The fourth-order valence-corrected chi connectivity index (χ4v) is 2.25. The molecule has 1 heteroatoms. The first kappa shape index (κ1) is 13.8. The van der Waals surface area contributed by atoms with Crippen molar-refractivity contribution < 1.29 is 0 Å². The predicted molar refractivity (Wildman–Crippen MR) is 76.5 cm³/mol. The Kier molecular flexibility index (Phi) is 5.04. The van der Waals surface area contributed by atoms with Gasteiger partial charge in [-0.15, -0.1) is 0 Å². The summed E-state index contributed by atoms with van der Waals surface area (Å²) in [5.74, 6) is 1.86. The molecule has 0 aliphatic rings. The lowest BCUT2D eigenvalue weighted by Crippen LogP contribution is -2.15. The van der Waals surface area contributed by atoms with Crippen molar-refractivity contribution in [1.82, 2.24) is 0 Å². The van der Waals surface area contributed by atoms with Gasteiger partial charge in [-0.05, 0) is 28.9 Å². The van der Waals surface area contributed by atoms with E-state index in [-0.39, 0.29) is 0 Å². The van der Waals surface area contributed by atoms with E-state index in [1.54, 1.807) is 0 Å². The van der Waals surface area contributed by atoms with Gasteiger partial charge in [0, 0.05) is 4.83 Å². The summed E-state index contributed by atoms with van der Waals surface area (Å²) in [5.41, 5.74) is 2.85. The normalized spacial score (nSPS) is 15.5. The molecule has 0 spiro atoms. The molecular formula is C15H23Br. The largest absolute Gasteiger partial charge is 0.0881 e. The topological polar surface area (TPSA) is 0 Å². The number of hydrogen-bond donors (Lipinski definition) is 0. The van der Waals surface area contributed by atoms with Crippen LogP contribution >= 0.6 is 15.9 Å². The molecule has 0 saturated heterocycles. The average Bonchev–Trinajstić information content (AvgIpc) is 2.27. The minimum Gasteiger partial charge on any atom is -0.0881 e. The van der Waals surface area contributed by atoms with Crippen molar-refractivity contribution in [3.8, 4) is 0 Å². The summed E-state index contributed by atoms with van der Waals surface area (Å²) in [7, 11) is 0. The zero-order valence-corrected chi connectivity index (χ0v) is 12.6. The number of alkyl halides is 1. The van der Waals surface area contributed by atoms with E-state index in [1.807, 2.05) is 0 Å². The summed E-state index contributed by atoms with van der Waals surface area (Å²) in [6.45, 7) is 11.3. The molecule has 16 heavy (non-hydrogen) atoms. The van der Waals surface area contributed by atoms with Crippen molar-refractivity contribution in [2.45, 2.75) is 51.3 Å². The molecule has 0 aromatic heterocycles. The second kappa shape index (κ2) is 5.86. The zero-order chi connectivity index (χ0) is 12.3. The maximum atomic E-state index is 3.79. The van der Waals surface area contributed by atoms with Gasteiger partial charge in [0.1, 0.15) is 0 Å². The van der Waals surface area contributed by atoms with Crippen molar-refractivity contribution in [3.05, 3.63) is 35.4 Å². The van der Waals surface area contributed by atoms with E-state index in [4.69, 9.17) is 0 Å². The Bertz CT molecular complexity index is 311. The molecule has 0 N–H and O–H groups in total. The molecule has 2 unspecified atom stereocenters. The molecule has 0 heterocycles. The number of hydrogen-bond acceptors (Lipinski definition) is 0. The molecule has 0 bridgehead atoms. The third kappa shape index (κ3) is 3.35. The molecule has 0 radical (unpaired) electrons. The van der Waals surface area contributed by atoms with Gasteiger partial charge in [-0.3, -0.25) is 0 Å². The maximum absolute atomic E-state index is 3.79. The van der Waals surface area contributed by atoms with Crippen LogP contribution in [0.4, 0.5) is 0 Å². The third-order valence-electron chi connectivity index (χ3n) is 3.24. The monoisotopic (exact) mass is 282 g/mol. The Balaban J connectivity index is 2.81. The van der Waals surface area contributed by atoms with Crippen molar-refractivity contribution in [3.63, 3.8) is 0 Å². The summed E-state index contributed by atoms with van der Waals surface area (Å²) in [5, 5.41) is 0. The molecular weight excluding hydrogens is 260 g/mol. The standard InChI is InChI=1S/C15H23Br/c1-10(2)13-6-8-14(9-7-13)12(5)15(16)11(3)4/h6-12,15H,1-5H3. The van der Waals surface area contributed by atoms with E-state index in [1.165, 1.54) is 11.1 Å². The van der Waals surface area contributed by atoms with Crippen LogP contribution in [0.1, 0.15) is 57.6 Å².